The molecule has 1 aliphatic carbocycles. The number of rotatable bonds is 4. The Morgan fingerprint density at radius 3 is 3.14 bits per heavy atom. The zero-order valence-corrected chi connectivity index (χ0v) is 12.7. The van der Waals surface area contributed by atoms with Crippen molar-refractivity contribution >= 4 is 0 Å². The van der Waals surface area contributed by atoms with Crippen LogP contribution in [-0.4, -0.2) is 60.7 Å². The zero-order chi connectivity index (χ0) is 14.7. The van der Waals surface area contributed by atoms with Crippen LogP contribution < -0.4 is 5.32 Å². The largest absolute Gasteiger partial charge is 0.385 e. The van der Waals surface area contributed by atoms with Gasteiger partial charge in [0.05, 0.1) is 13.2 Å². The normalized spacial score (nSPS) is 26.6. The summed E-state index contributed by atoms with van der Waals surface area (Å²) in [5.41, 5.74) is 1.48. The Morgan fingerprint density at radius 1 is 1.38 bits per heavy atom. The van der Waals surface area contributed by atoms with Crippen molar-refractivity contribution in [2.75, 3.05) is 39.9 Å². The molecule has 0 aromatic carbocycles. The number of likely N-dealkylation sites (N-methyl/N-ethyl adjacent to an activating group) is 1. The zero-order valence-electron chi connectivity index (χ0n) is 12.7. The number of nitrogens with zero attached hydrogens (tertiary/aromatic N) is 2. The monoisotopic (exact) mass is 295 g/mol. The highest BCUT2D eigenvalue weighted by Gasteiger charge is 2.31. The topological polar surface area (TPSA) is 70.8 Å². The standard InChI is InChI=1S/C15H25N3O3/c1-18(10-15(19)9-16-6-7-20-11-15)8-13-12-4-2-3-5-14(12)21-17-13/h16,19H,2-11H2,1H3/t15-/m0/s1. The molecule has 0 spiro atoms. The number of fused-ring (bicyclic) bond motifs is 1. The highest BCUT2D eigenvalue weighted by molar-refractivity contribution is 5.25. The quantitative estimate of drug-likeness (QED) is 0.834. The van der Waals surface area contributed by atoms with E-state index in [0.29, 0.717) is 32.8 Å². The predicted molar refractivity (Wildman–Crippen MR) is 78.1 cm³/mol. The Kier molecular flexibility index (Phi) is 4.59. The first-order valence-electron chi connectivity index (χ1n) is 7.82. The summed E-state index contributed by atoms with van der Waals surface area (Å²) in [5, 5.41) is 18.1. The van der Waals surface area contributed by atoms with Gasteiger partial charge in [-0.05, 0) is 26.3 Å². The smallest absolute Gasteiger partial charge is 0.140 e. The van der Waals surface area contributed by atoms with Gasteiger partial charge in [0.15, 0.2) is 0 Å². The minimum Gasteiger partial charge on any atom is -0.385 e. The van der Waals surface area contributed by atoms with Gasteiger partial charge < -0.3 is 19.7 Å². The Balaban J connectivity index is 1.61. The van der Waals surface area contributed by atoms with Gasteiger partial charge in [-0.15, -0.1) is 0 Å². The Bertz CT molecular complexity index is 467. The molecule has 1 aromatic rings. The van der Waals surface area contributed by atoms with Crippen LogP contribution in [0.2, 0.25) is 0 Å². The second kappa shape index (κ2) is 6.44. The number of aryl methyl sites for hydroxylation is 1. The van der Waals surface area contributed by atoms with E-state index >= 15 is 0 Å². The van der Waals surface area contributed by atoms with E-state index in [1.54, 1.807) is 0 Å². The van der Waals surface area contributed by atoms with Crippen molar-refractivity contribution in [3.8, 4) is 0 Å². The molecule has 0 bridgehead atoms. The molecule has 1 aromatic heterocycles. The third kappa shape index (κ3) is 3.63. The number of nitrogens with one attached hydrogen (secondary N) is 1. The molecule has 118 valence electrons. The van der Waals surface area contributed by atoms with Gasteiger partial charge in [0, 0.05) is 38.2 Å². The maximum Gasteiger partial charge on any atom is 0.140 e. The number of ether oxygens (including phenoxy) is 1. The molecule has 6 heteroatoms. The van der Waals surface area contributed by atoms with E-state index in [-0.39, 0.29) is 0 Å². The van der Waals surface area contributed by atoms with Crippen molar-refractivity contribution in [3.05, 3.63) is 17.0 Å². The van der Waals surface area contributed by atoms with E-state index in [4.69, 9.17) is 9.26 Å². The lowest BCUT2D eigenvalue weighted by atomic mass is 9.96. The fraction of sp³-hybridized carbons (Fsp3) is 0.800. The molecule has 2 heterocycles. The third-order valence-corrected chi connectivity index (χ3v) is 4.26. The Morgan fingerprint density at radius 2 is 2.24 bits per heavy atom. The molecule has 0 amide bonds. The van der Waals surface area contributed by atoms with Gasteiger partial charge in [0.2, 0.25) is 0 Å². The van der Waals surface area contributed by atoms with Crippen molar-refractivity contribution in [3.63, 3.8) is 0 Å². The molecular weight excluding hydrogens is 270 g/mol. The van der Waals surface area contributed by atoms with Gasteiger partial charge in [-0.1, -0.05) is 5.16 Å². The number of aromatic nitrogens is 1. The van der Waals surface area contributed by atoms with Crippen LogP contribution in [0.25, 0.3) is 0 Å². The highest BCUT2D eigenvalue weighted by Crippen LogP contribution is 2.25. The van der Waals surface area contributed by atoms with E-state index in [1.807, 2.05) is 7.05 Å². The van der Waals surface area contributed by atoms with Crippen LogP contribution in [0.5, 0.6) is 0 Å². The Hall–Kier alpha value is -0.950. The van der Waals surface area contributed by atoms with Crippen LogP contribution >= 0.6 is 0 Å². The summed E-state index contributed by atoms with van der Waals surface area (Å²) in [6.07, 6.45) is 4.48. The van der Waals surface area contributed by atoms with Gasteiger partial charge in [-0.2, -0.15) is 0 Å². The van der Waals surface area contributed by atoms with Crippen molar-refractivity contribution in [2.45, 2.75) is 37.8 Å². The summed E-state index contributed by atoms with van der Waals surface area (Å²) in [5.74, 6) is 1.06. The molecule has 0 unspecified atom stereocenters. The van der Waals surface area contributed by atoms with Crippen molar-refractivity contribution in [2.24, 2.45) is 0 Å². The van der Waals surface area contributed by atoms with Crippen LogP contribution in [0, 0.1) is 0 Å². The van der Waals surface area contributed by atoms with Gasteiger partial charge in [0.25, 0.3) is 0 Å². The number of β-amino-alcohol motifs (C(OH)–C–C–N with tert-alkyl or cyclic N) is 1. The summed E-state index contributed by atoms with van der Waals surface area (Å²) in [4.78, 5) is 2.10. The summed E-state index contributed by atoms with van der Waals surface area (Å²) in [6.45, 7) is 3.66. The molecule has 2 aliphatic rings. The molecule has 1 atom stereocenters. The maximum atomic E-state index is 10.6. The van der Waals surface area contributed by atoms with Crippen molar-refractivity contribution < 1.29 is 14.4 Å². The molecule has 1 fully saturated rings. The molecule has 2 N–H and O–H groups in total. The first-order chi connectivity index (χ1) is 10.2. The predicted octanol–water partition coefficient (Wildman–Crippen LogP) is 0.336. The van der Waals surface area contributed by atoms with E-state index < -0.39 is 5.60 Å². The molecule has 1 saturated heterocycles. The van der Waals surface area contributed by atoms with E-state index in [1.165, 1.54) is 18.4 Å². The summed E-state index contributed by atoms with van der Waals surface area (Å²) < 4.78 is 10.9. The Labute approximate surface area is 125 Å². The summed E-state index contributed by atoms with van der Waals surface area (Å²) >= 11 is 0. The number of aliphatic hydroxyl groups is 1. The fourth-order valence-corrected chi connectivity index (χ4v) is 3.27. The van der Waals surface area contributed by atoms with Crippen LogP contribution in [0.1, 0.15) is 29.9 Å². The van der Waals surface area contributed by atoms with Crippen LogP contribution in [0.3, 0.4) is 0 Å². The second-order valence-corrected chi connectivity index (χ2v) is 6.36. The fourth-order valence-electron chi connectivity index (χ4n) is 3.27. The van der Waals surface area contributed by atoms with E-state index in [9.17, 15) is 5.11 Å². The molecule has 0 saturated carbocycles. The molecule has 21 heavy (non-hydrogen) atoms. The summed E-state index contributed by atoms with van der Waals surface area (Å²) in [7, 11) is 2.01. The maximum absolute atomic E-state index is 10.6. The first-order valence-corrected chi connectivity index (χ1v) is 7.82. The lowest BCUT2D eigenvalue weighted by Gasteiger charge is -2.30. The SMILES string of the molecule is CN(Cc1noc2c1CCCC2)C[C@@]1(O)CNCCOC1. The first kappa shape index (κ1) is 15.0. The molecule has 3 rings (SSSR count). The van der Waals surface area contributed by atoms with Gasteiger partial charge in [-0.3, -0.25) is 4.90 Å². The molecule has 1 aliphatic heterocycles. The lowest BCUT2D eigenvalue weighted by Crippen LogP contribution is -2.50. The minimum atomic E-state index is -0.838. The van der Waals surface area contributed by atoms with Crippen LogP contribution in [0.4, 0.5) is 0 Å². The van der Waals surface area contributed by atoms with Crippen LogP contribution in [0.15, 0.2) is 4.52 Å². The van der Waals surface area contributed by atoms with Gasteiger partial charge in [-0.25, -0.2) is 0 Å². The van der Waals surface area contributed by atoms with Gasteiger partial charge >= 0.3 is 0 Å². The van der Waals surface area contributed by atoms with E-state index in [0.717, 1.165) is 30.8 Å². The highest BCUT2D eigenvalue weighted by atomic mass is 16.5. The number of hydrogen-bond acceptors (Lipinski definition) is 6. The average Bonchev–Trinajstić information content (AvgIpc) is 2.73. The summed E-state index contributed by atoms with van der Waals surface area (Å²) in [6, 6.07) is 0. The average molecular weight is 295 g/mol. The van der Waals surface area contributed by atoms with Crippen LogP contribution in [-0.2, 0) is 24.1 Å². The number of hydrogen-bond donors (Lipinski definition) is 2. The van der Waals surface area contributed by atoms with Gasteiger partial charge in [0.1, 0.15) is 17.1 Å². The van der Waals surface area contributed by atoms with E-state index in [2.05, 4.69) is 15.4 Å². The molecule has 6 nitrogen and oxygen atoms in total. The van der Waals surface area contributed by atoms with Crippen molar-refractivity contribution in [1.82, 2.24) is 15.4 Å². The molecular formula is C15H25N3O3. The second-order valence-electron chi connectivity index (χ2n) is 6.36. The van der Waals surface area contributed by atoms with Crippen molar-refractivity contribution in [1.29, 1.82) is 0 Å². The lowest BCUT2D eigenvalue weighted by molar-refractivity contribution is -0.0464. The molecule has 0 radical (unpaired) electrons. The third-order valence-electron chi connectivity index (χ3n) is 4.26. The minimum absolute atomic E-state index is 0.376.